The van der Waals surface area contributed by atoms with Gasteiger partial charge in [0, 0.05) is 12.6 Å². The van der Waals surface area contributed by atoms with Gasteiger partial charge in [0.05, 0.1) is 10.5 Å². The molecule has 0 aliphatic heterocycles. The molecule has 0 fully saturated rings. The Morgan fingerprint density at radius 2 is 2.10 bits per heavy atom. The van der Waals surface area contributed by atoms with Crippen LogP contribution in [0.4, 0.5) is 5.69 Å². The molecule has 6 heteroatoms. The molecule has 0 aliphatic rings. The smallest absolute Gasteiger partial charge is 0.320 e. The van der Waals surface area contributed by atoms with Gasteiger partial charge in [0.15, 0.2) is 0 Å². The van der Waals surface area contributed by atoms with Crippen molar-refractivity contribution in [1.29, 1.82) is 0 Å². The van der Waals surface area contributed by atoms with Gasteiger partial charge in [-0.15, -0.1) is 0 Å². The molecule has 0 amide bonds. The molecule has 2 N–H and O–H groups in total. The maximum atomic E-state index is 11.1. The minimum Gasteiger partial charge on any atom is -0.480 e. The third kappa shape index (κ3) is 5.74. The molecule has 1 aromatic carbocycles. The van der Waals surface area contributed by atoms with Gasteiger partial charge in [-0.2, -0.15) is 0 Å². The molecule has 1 atom stereocenters. The summed E-state index contributed by atoms with van der Waals surface area (Å²) in [6.45, 7) is 4.26. The van der Waals surface area contributed by atoms with E-state index in [4.69, 9.17) is 5.11 Å². The molecule has 1 rings (SSSR count). The van der Waals surface area contributed by atoms with Crippen LogP contribution < -0.4 is 5.32 Å². The van der Waals surface area contributed by atoms with Crippen molar-refractivity contribution >= 4 is 17.7 Å². The van der Waals surface area contributed by atoms with Gasteiger partial charge in [-0.1, -0.05) is 38.1 Å². The fourth-order valence-corrected chi connectivity index (χ4v) is 1.93. The van der Waals surface area contributed by atoms with Gasteiger partial charge in [-0.3, -0.25) is 14.9 Å². The van der Waals surface area contributed by atoms with E-state index in [1.807, 2.05) is 13.8 Å². The number of carboxylic acid groups (broad SMARTS) is 1. The van der Waals surface area contributed by atoms with Crippen LogP contribution in [0.2, 0.25) is 0 Å². The molecule has 0 unspecified atom stereocenters. The Labute approximate surface area is 123 Å². The summed E-state index contributed by atoms with van der Waals surface area (Å²) in [5.41, 5.74) is 0.533. The van der Waals surface area contributed by atoms with Gasteiger partial charge < -0.3 is 10.4 Å². The van der Waals surface area contributed by atoms with Crippen molar-refractivity contribution in [3.05, 3.63) is 46.0 Å². The number of hydrogen-bond donors (Lipinski definition) is 2. The number of carbonyl (C=O) groups is 1. The third-order valence-electron chi connectivity index (χ3n) is 2.92. The lowest BCUT2D eigenvalue weighted by Gasteiger charge is -2.15. The van der Waals surface area contributed by atoms with E-state index in [1.165, 1.54) is 6.07 Å². The summed E-state index contributed by atoms with van der Waals surface area (Å²) in [5, 5.41) is 22.8. The van der Waals surface area contributed by atoms with E-state index in [9.17, 15) is 14.9 Å². The van der Waals surface area contributed by atoms with Crippen LogP contribution in [-0.4, -0.2) is 28.6 Å². The van der Waals surface area contributed by atoms with Crippen LogP contribution in [0.15, 0.2) is 30.3 Å². The summed E-state index contributed by atoms with van der Waals surface area (Å²) in [7, 11) is 0. The largest absolute Gasteiger partial charge is 0.480 e. The van der Waals surface area contributed by atoms with Crippen molar-refractivity contribution < 1.29 is 14.8 Å². The van der Waals surface area contributed by atoms with E-state index in [-0.39, 0.29) is 11.6 Å². The highest BCUT2D eigenvalue weighted by molar-refractivity contribution is 5.73. The Hall–Kier alpha value is -2.21. The van der Waals surface area contributed by atoms with Crippen LogP contribution >= 0.6 is 0 Å². The first kappa shape index (κ1) is 16.8. The Morgan fingerprint density at radius 1 is 1.43 bits per heavy atom. The highest BCUT2D eigenvalue weighted by atomic mass is 16.6. The summed E-state index contributed by atoms with van der Waals surface area (Å²) < 4.78 is 0. The minimum absolute atomic E-state index is 0.0331. The molecule has 0 spiro atoms. The maximum Gasteiger partial charge on any atom is 0.320 e. The zero-order chi connectivity index (χ0) is 15.8. The van der Waals surface area contributed by atoms with Gasteiger partial charge in [0.25, 0.3) is 5.69 Å². The number of rotatable bonds is 8. The number of nitrogens with zero attached hydrogens (tertiary/aromatic N) is 1. The molecular formula is C15H20N2O4. The van der Waals surface area contributed by atoms with Crippen LogP contribution in [-0.2, 0) is 4.79 Å². The van der Waals surface area contributed by atoms with Crippen molar-refractivity contribution in [2.45, 2.75) is 26.3 Å². The molecule has 1 aromatic rings. The fourth-order valence-electron chi connectivity index (χ4n) is 1.93. The minimum atomic E-state index is -0.886. The van der Waals surface area contributed by atoms with Crippen LogP contribution in [0.25, 0.3) is 6.08 Å². The van der Waals surface area contributed by atoms with E-state index in [0.717, 1.165) is 0 Å². The monoisotopic (exact) mass is 292 g/mol. The lowest BCUT2D eigenvalue weighted by Crippen LogP contribution is -2.37. The SMILES string of the molecule is CC(C)C[C@@H](NC/C=C/c1ccccc1[N+](=O)[O-])C(=O)O. The summed E-state index contributed by atoms with van der Waals surface area (Å²) in [6, 6.07) is 5.81. The number of para-hydroxylation sites is 1. The maximum absolute atomic E-state index is 11.1. The third-order valence-corrected chi connectivity index (χ3v) is 2.92. The second-order valence-corrected chi connectivity index (χ2v) is 5.15. The van der Waals surface area contributed by atoms with E-state index in [1.54, 1.807) is 30.4 Å². The molecule has 21 heavy (non-hydrogen) atoms. The predicted octanol–water partition coefficient (Wildman–Crippen LogP) is 2.70. The number of nitrogens with one attached hydrogen (secondary N) is 1. The van der Waals surface area contributed by atoms with Crippen molar-refractivity contribution in [2.24, 2.45) is 5.92 Å². The summed E-state index contributed by atoms with van der Waals surface area (Å²) in [5.74, 6) is -0.611. The first-order valence-electron chi connectivity index (χ1n) is 6.78. The average Bonchev–Trinajstić information content (AvgIpc) is 2.41. The number of carboxylic acids is 1. The normalized spacial score (nSPS) is 12.7. The number of hydrogen-bond acceptors (Lipinski definition) is 4. The Bertz CT molecular complexity index is 526. The first-order chi connectivity index (χ1) is 9.91. The van der Waals surface area contributed by atoms with Crippen LogP contribution in [0, 0.1) is 16.0 Å². The standard InChI is InChI=1S/C15H20N2O4/c1-11(2)10-13(15(18)19)16-9-5-7-12-6-3-4-8-14(12)17(20)21/h3-8,11,13,16H,9-10H2,1-2H3,(H,18,19)/b7-5+/t13-/m1/s1. The lowest BCUT2D eigenvalue weighted by atomic mass is 10.0. The van der Waals surface area contributed by atoms with Gasteiger partial charge in [-0.05, 0) is 18.4 Å². The first-order valence-corrected chi connectivity index (χ1v) is 6.78. The highest BCUT2D eigenvalue weighted by Gasteiger charge is 2.17. The van der Waals surface area contributed by atoms with Crippen molar-refractivity contribution in [1.82, 2.24) is 5.32 Å². The molecule has 0 radical (unpaired) electrons. The van der Waals surface area contributed by atoms with Gasteiger partial charge in [0.2, 0.25) is 0 Å². The van der Waals surface area contributed by atoms with E-state index in [0.29, 0.717) is 18.5 Å². The quantitative estimate of drug-likeness (QED) is 0.567. The molecule has 0 bridgehead atoms. The molecule has 0 saturated carbocycles. The molecule has 0 aliphatic carbocycles. The molecule has 114 valence electrons. The van der Waals surface area contributed by atoms with Crippen molar-refractivity contribution in [3.63, 3.8) is 0 Å². The topological polar surface area (TPSA) is 92.5 Å². The second-order valence-electron chi connectivity index (χ2n) is 5.15. The highest BCUT2D eigenvalue weighted by Crippen LogP contribution is 2.18. The zero-order valence-electron chi connectivity index (χ0n) is 12.2. The summed E-state index contributed by atoms with van der Waals surface area (Å²) >= 11 is 0. The zero-order valence-corrected chi connectivity index (χ0v) is 12.2. The van der Waals surface area contributed by atoms with Crippen LogP contribution in [0.3, 0.4) is 0 Å². The Morgan fingerprint density at radius 3 is 2.67 bits per heavy atom. The van der Waals surface area contributed by atoms with E-state index >= 15 is 0 Å². The molecule has 6 nitrogen and oxygen atoms in total. The van der Waals surface area contributed by atoms with Crippen molar-refractivity contribution in [2.75, 3.05) is 6.54 Å². The molecule has 0 aromatic heterocycles. The van der Waals surface area contributed by atoms with Crippen LogP contribution in [0.1, 0.15) is 25.8 Å². The molecule has 0 heterocycles. The lowest BCUT2D eigenvalue weighted by molar-refractivity contribution is -0.385. The molecular weight excluding hydrogens is 272 g/mol. The summed E-state index contributed by atoms with van der Waals surface area (Å²) in [6.07, 6.45) is 3.85. The second kappa shape index (κ2) is 8.16. The average molecular weight is 292 g/mol. The number of nitro benzene ring substituents is 1. The Kier molecular flexibility index (Phi) is 6.55. The van der Waals surface area contributed by atoms with Gasteiger partial charge in [0.1, 0.15) is 6.04 Å². The van der Waals surface area contributed by atoms with Crippen LogP contribution in [0.5, 0.6) is 0 Å². The Balaban J connectivity index is 2.62. The predicted molar refractivity (Wildman–Crippen MR) is 81.0 cm³/mol. The van der Waals surface area contributed by atoms with E-state index < -0.39 is 16.9 Å². The molecule has 0 saturated heterocycles. The van der Waals surface area contributed by atoms with E-state index in [2.05, 4.69) is 5.32 Å². The van der Waals surface area contributed by atoms with Gasteiger partial charge in [-0.25, -0.2) is 0 Å². The van der Waals surface area contributed by atoms with Gasteiger partial charge >= 0.3 is 5.97 Å². The number of benzene rings is 1. The fraction of sp³-hybridized carbons (Fsp3) is 0.400. The summed E-state index contributed by atoms with van der Waals surface area (Å²) in [4.78, 5) is 21.5. The number of nitro groups is 1. The number of aliphatic carboxylic acids is 1. The van der Waals surface area contributed by atoms with Crippen molar-refractivity contribution in [3.8, 4) is 0 Å².